The van der Waals surface area contributed by atoms with E-state index < -0.39 is 0 Å². The van der Waals surface area contributed by atoms with Crippen molar-refractivity contribution in [1.82, 2.24) is 0 Å². The third kappa shape index (κ3) is 1.23. The van der Waals surface area contributed by atoms with Crippen LogP contribution in [0.15, 0.2) is 11.6 Å². The molecule has 0 amide bonds. The second-order valence-corrected chi connectivity index (χ2v) is 4.23. The number of hydrogen-bond donors (Lipinski definition) is 0. The first-order valence-corrected chi connectivity index (χ1v) is 5.05. The van der Waals surface area contributed by atoms with Gasteiger partial charge in [-0.2, -0.15) is 0 Å². The van der Waals surface area contributed by atoms with Crippen molar-refractivity contribution in [2.75, 3.05) is 0 Å². The average Bonchev–Trinajstić information content (AvgIpc) is 2.62. The average molecular weight is 150 g/mol. The molecule has 0 aromatic heterocycles. The molecule has 2 rings (SSSR count). The van der Waals surface area contributed by atoms with Gasteiger partial charge in [-0.05, 0) is 37.5 Å². The molecule has 0 aromatic carbocycles. The lowest BCUT2D eigenvalue weighted by Crippen LogP contribution is -2.07. The molecule has 0 atom stereocenters. The standard InChI is InChI=1S/C11H18/c1-2-10-5-8-11(9-10)6-3-4-7-11/h9H,2-8H2,1H3. The van der Waals surface area contributed by atoms with Crippen LogP contribution in [0.1, 0.15) is 51.9 Å². The summed E-state index contributed by atoms with van der Waals surface area (Å²) in [4.78, 5) is 0. The minimum absolute atomic E-state index is 0.700. The highest BCUT2D eigenvalue weighted by molar-refractivity contribution is 5.17. The van der Waals surface area contributed by atoms with Crippen molar-refractivity contribution >= 4 is 0 Å². The summed E-state index contributed by atoms with van der Waals surface area (Å²) in [5.74, 6) is 0. The quantitative estimate of drug-likeness (QED) is 0.500. The Labute approximate surface area is 69.7 Å². The Hall–Kier alpha value is -0.260. The summed E-state index contributed by atoms with van der Waals surface area (Å²) in [6.45, 7) is 2.29. The molecule has 0 N–H and O–H groups in total. The molecular weight excluding hydrogens is 132 g/mol. The first-order chi connectivity index (χ1) is 5.35. The predicted octanol–water partition coefficient (Wildman–Crippen LogP) is 3.68. The molecule has 0 heterocycles. The third-order valence-electron chi connectivity index (χ3n) is 3.51. The summed E-state index contributed by atoms with van der Waals surface area (Å²) < 4.78 is 0. The largest absolute Gasteiger partial charge is 0.0791 e. The lowest BCUT2D eigenvalue weighted by atomic mass is 9.86. The van der Waals surface area contributed by atoms with E-state index in [9.17, 15) is 0 Å². The molecule has 0 nitrogen and oxygen atoms in total. The molecular formula is C11H18. The van der Waals surface area contributed by atoms with Crippen LogP contribution in [-0.2, 0) is 0 Å². The first-order valence-electron chi connectivity index (χ1n) is 5.05. The summed E-state index contributed by atoms with van der Waals surface area (Å²) in [6.07, 6.45) is 12.7. The highest BCUT2D eigenvalue weighted by Crippen LogP contribution is 2.49. The Kier molecular flexibility index (Phi) is 1.78. The summed E-state index contributed by atoms with van der Waals surface area (Å²) >= 11 is 0. The van der Waals surface area contributed by atoms with E-state index in [2.05, 4.69) is 13.0 Å². The molecule has 0 bridgehead atoms. The summed E-state index contributed by atoms with van der Waals surface area (Å²) in [5.41, 5.74) is 2.43. The molecule has 1 saturated carbocycles. The second-order valence-electron chi connectivity index (χ2n) is 4.23. The van der Waals surface area contributed by atoms with E-state index in [0.717, 1.165) is 0 Å². The van der Waals surface area contributed by atoms with Crippen LogP contribution in [0, 0.1) is 5.41 Å². The van der Waals surface area contributed by atoms with Crippen LogP contribution < -0.4 is 0 Å². The van der Waals surface area contributed by atoms with Crippen LogP contribution in [0.3, 0.4) is 0 Å². The van der Waals surface area contributed by atoms with Crippen molar-refractivity contribution in [2.45, 2.75) is 51.9 Å². The second kappa shape index (κ2) is 2.66. The van der Waals surface area contributed by atoms with Gasteiger partial charge in [0.2, 0.25) is 0 Å². The topological polar surface area (TPSA) is 0 Å². The molecule has 11 heavy (non-hydrogen) atoms. The minimum atomic E-state index is 0.700. The zero-order chi connectivity index (χ0) is 7.73. The normalized spacial score (nSPS) is 27.9. The van der Waals surface area contributed by atoms with Gasteiger partial charge in [0, 0.05) is 0 Å². The van der Waals surface area contributed by atoms with Crippen LogP contribution in [0.25, 0.3) is 0 Å². The molecule has 2 aliphatic carbocycles. The number of allylic oxidation sites excluding steroid dienone is 2. The van der Waals surface area contributed by atoms with Crippen molar-refractivity contribution in [3.63, 3.8) is 0 Å². The SMILES string of the molecule is CCC1=CC2(CCCC2)CC1. The summed E-state index contributed by atoms with van der Waals surface area (Å²) in [6, 6.07) is 0. The Morgan fingerprint density at radius 3 is 2.55 bits per heavy atom. The summed E-state index contributed by atoms with van der Waals surface area (Å²) in [5, 5.41) is 0. The van der Waals surface area contributed by atoms with Gasteiger partial charge < -0.3 is 0 Å². The Bertz CT molecular complexity index is 170. The highest BCUT2D eigenvalue weighted by atomic mass is 14.4. The molecule has 0 unspecified atom stereocenters. The molecule has 0 heteroatoms. The van der Waals surface area contributed by atoms with Crippen LogP contribution in [0.2, 0.25) is 0 Å². The Morgan fingerprint density at radius 2 is 2.00 bits per heavy atom. The lowest BCUT2D eigenvalue weighted by molar-refractivity contribution is 0.389. The highest BCUT2D eigenvalue weighted by Gasteiger charge is 2.34. The van der Waals surface area contributed by atoms with Crippen LogP contribution in [0.5, 0.6) is 0 Å². The minimum Gasteiger partial charge on any atom is -0.0791 e. The zero-order valence-corrected chi connectivity index (χ0v) is 7.53. The first kappa shape index (κ1) is 7.39. The van der Waals surface area contributed by atoms with Crippen molar-refractivity contribution in [3.8, 4) is 0 Å². The van der Waals surface area contributed by atoms with Gasteiger partial charge in [0.25, 0.3) is 0 Å². The molecule has 2 aliphatic rings. The van der Waals surface area contributed by atoms with Gasteiger partial charge in [-0.15, -0.1) is 0 Å². The Morgan fingerprint density at radius 1 is 1.27 bits per heavy atom. The molecule has 0 aliphatic heterocycles. The smallest absolute Gasteiger partial charge is 0.0112 e. The number of hydrogen-bond acceptors (Lipinski definition) is 0. The van der Waals surface area contributed by atoms with Gasteiger partial charge in [-0.3, -0.25) is 0 Å². The fourth-order valence-corrected chi connectivity index (χ4v) is 2.74. The maximum Gasteiger partial charge on any atom is -0.0112 e. The van der Waals surface area contributed by atoms with Crippen LogP contribution in [-0.4, -0.2) is 0 Å². The van der Waals surface area contributed by atoms with E-state index in [0.29, 0.717) is 5.41 Å². The third-order valence-corrected chi connectivity index (χ3v) is 3.51. The molecule has 1 fully saturated rings. The van der Waals surface area contributed by atoms with E-state index in [1.165, 1.54) is 44.9 Å². The van der Waals surface area contributed by atoms with Crippen molar-refractivity contribution in [2.24, 2.45) is 5.41 Å². The Balaban J connectivity index is 2.11. The monoisotopic (exact) mass is 150 g/mol. The van der Waals surface area contributed by atoms with E-state index in [1.54, 1.807) is 5.57 Å². The van der Waals surface area contributed by atoms with Crippen LogP contribution in [0.4, 0.5) is 0 Å². The van der Waals surface area contributed by atoms with E-state index >= 15 is 0 Å². The predicted molar refractivity (Wildman–Crippen MR) is 48.5 cm³/mol. The fourth-order valence-electron chi connectivity index (χ4n) is 2.74. The van der Waals surface area contributed by atoms with Gasteiger partial charge >= 0.3 is 0 Å². The van der Waals surface area contributed by atoms with Crippen molar-refractivity contribution in [3.05, 3.63) is 11.6 Å². The molecule has 0 radical (unpaired) electrons. The van der Waals surface area contributed by atoms with E-state index in [4.69, 9.17) is 0 Å². The number of rotatable bonds is 1. The van der Waals surface area contributed by atoms with Crippen molar-refractivity contribution < 1.29 is 0 Å². The van der Waals surface area contributed by atoms with Crippen LogP contribution >= 0.6 is 0 Å². The molecule has 62 valence electrons. The summed E-state index contributed by atoms with van der Waals surface area (Å²) in [7, 11) is 0. The van der Waals surface area contributed by atoms with Gasteiger partial charge in [0.05, 0.1) is 0 Å². The molecule has 0 aromatic rings. The fraction of sp³-hybridized carbons (Fsp3) is 0.818. The molecule has 0 saturated heterocycles. The van der Waals surface area contributed by atoms with Gasteiger partial charge in [0.1, 0.15) is 0 Å². The van der Waals surface area contributed by atoms with E-state index in [-0.39, 0.29) is 0 Å². The maximum atomic E-state index is 2.61. The lowest BCUT2D eigenvalue weighted by Gasteiger charge is -2.18. The van der Waals surface area contributed by atoms with Gasteiger partial charge in [0.15, 0.2) is 0 Å². The van der Waals surface area contributed by atoms with Crippen molar-refractivity contribution in [1.29, 1.82) is 0 Å². The molecule has 1 spiro atoms. The maximum absolute atomic E-state index is 2.61. The zero-order valence-electron chi connectivity index (χ0n) is 7.53. The van der Waals surface area contributed by atoms with Gasteiger partial charge in [-0.25, -0.2) is 0 Å². The van der Waals surface area contributed by atoms with Gasteiger partial charge in [-0.1, -0.05) is 31.4 Å². The van der Waals surface area contributed by atoms with E-state index in [1.807, 2.05) is 0 Å².